The Bertz CT molecular complexity index is 483. The highest BCUT2D eigenvalue weighted by Gasteiger charge is 2.23. The molecule has 5 nitrogen and oxygen atoms in total. The fourth-order valence-electron chi connectivity index (χ4n) is 1.61. The normalized spacial score (nSPS) is 11.8. The third-order valence-electron chi connectivity index (χ3n) is 2.86. The number of ether oxygens (including phenoxy) is 1. The van der Waals surface area contributed by atoms with E-state index in [0.29, 0.717) is 5.57 Å². The third-order valence-corrected chi connectivity index (χ3v) is 2.86. The molecule has 108 valence electrons. The summed E-state index contributed by atoms with van der Waals surface area (Å²) < 4.78 is 4.68. The second-order valence-electron chi connectivity index (χ2n) is 4.69. The molecule has 2 N–H and O–H groups in total. The van der Waals surface area contributed by atoms with E-state index in [1.54, 1.807) is 12.1 Å². The lowest BCUT2D eigenvalue weighted by Gasteiger charge is -2.20. The van der Waals surface area contributed by atoms with Crippen LogP contribution in [0.4, 0.5) is 0 Å². The van der Waals surface area contributed by atoms with Crippen LogP contribution in [0.3, 0.4) is 0 Å². The molecule has 1 aromatic rings. The summed E-state index contributed by atoms with van der Waals surface area (Å²) in [5.74, 6) is -0.830. The first kappa shape index (κ1) is 15.9. The Labute approximate surface area is 119 Å². The van der Waals surface area contributed by atoms with Gasteiger partial charge in [-0.3, -0.25) is 15.0 Å². The molecule has 0 saturated carbocycles. The van der Waals surface area contributed by atoms with Gasteiger partial charge < -0.3 is 4.74 Å². The molecule has 0 radical (unpaired) electrons. The standard InChI is InChI=1S/C15H20N2O3/c1-10(2)13(15(19)20-4)16-17-14(18)11(3)12-8-6-5-7-9-12/h5-10,13,16H,3H2,1-2,4H3,(H,17,18). The molecule has 20 heavy (non-hydrogen) atoms. The van der Waals surface area contributed by atoms with Gasteiger partial charge in [0.2, 0.25) is 0 Å². The number of esters is 1. The van der Waals surface area contributed by atoms with Crippen LogP contribution in [-0.2, 0) is 14.3 Å². The first-order valence-electron chi connectivity index (χ1n) is 6.35. The number of carbonyl (C=O) groups is 2. The van der Waals surface area contributed by atoms with E-state index in [4.69, 9.17) is 0 Å². The van der Waals surface area contributed by atoms with Gasteiger partial charge in [-0.25, -0.2) is 5.43 Å². The quantitative estimate of drug-likeness (QED) is 0.469. The zero-order valence-electron chi connectivity index (χ0n) is 12.0. The first-order valence-corrected chi connectivity index (χ1v) is 6.35. The predicted octanol–water partition coefficient (Wildman–Crippen LogP) is 1.52. The molecule has 1 aromatic carbocycles. The minimum atomic E-state index is -0.604. The molecule has 5 heteroatoms. The van der Waals surface area contributed by atoms with Crippen LogP contribution in [0.15, 0.2) is 36.9 Å². The lowest BCUT2D eigenvalue weighted by molar-refractivity contribution is -0.144. The number of nitrogens with one attached hydrogen (secondary N) is 2. The molecule has 0 aliphatic rings. The van der Waals surface area contributed by atoms with Gasteiger partial charge in [0, 0.05) is 5.57 Å². The highest BCUT2D eigenvalue weighted by molar-refractivity contribution is 6.18. The van der Waals surface area contributed by atoms with E-state index in [0.717, 1.165) is 5.56 Å². The van der Waals surface area contributed by atoms with Gasteiger partial charge in [0.1, 0.15) is 6.04 Å². The topological polar surface area (TPSA) is 67.4 Å². The molecule has 1 atom stereocenters. The molecule has 0 saturated heterocycles. The highest BCUT2D eigenvalue weighted by Crippen LogP contribution is 2.11. The summed E-state index contributed by atoms with van der Waals surface area (Å²) in [5.41, 5.74) is 6.23. The van der Waals surface area contributed by atoms with Crippen LogP contribution in [0.5, 0.6) is 0 Å². The number of benzene rings is 1. The van der Waals surface area contributed by atoms with Crippen molar-refractivity contribution in [2.75, 3.05) is 7.11 Å². The van der Waals surface area contributed by atoms with Gasteiger partial charge in [-0.1, -0.05) is 50.8 Å². The van der Waals surface area contributed by atoms with Crippen LogP contribution in [0.25, 0.3) is 5.57 Å². The van der Waals surface area contributed by atoms with Crippen molar-refractivity contribution < 1.29 is 14.3 Å². The molecule has 1 rings (SSSR count). The van der Waals surface area contributed by atoms with Crippen LogP contribution in [0, 0.1) is 5.92 Å². The summed E-state index contributed by atoms with van der Waals surface area (Å²) in [6, 6.07) is 8.50. The fraction of sp³-hybridized carbons (Fsp3) is 0.333. The van der Waals surface area contributed by atoms with Gasteiger partial charge in [0.05, 0.1) is 7.11 Å². The van der Waals surface area contributed by atoms with Crippen LogP contribution < -0.4 is 10.9 Å². The summed E-state index contributed by atoms with van der Waals surface area (Å²) in [4.78, 5) is 23.5. The highest BCUT2D eigenvalue weighted by atomic mass is 16.5. The van der Waals surface area contributed by atoms with E-state index < -0.39 is 12.0 Å². The molecule has 0 heterocycles. The first-order chi connectivity index (χ1) is 9.47. The fourth-order valence-corrected chi connectivity index (χ4v) is 1.61. The molecule has 0 fully saturated rings. The number of hydrogen-bond donors (Lipinski definition) is 2. The summed E-state index contributed by atoms with van der Waals surface area (Å²) in [6.07, 6.45) is 0. The summed E-state index contributed by atoms with van der Waals surface area (Å²) in [5, 5.41) is 0. The van der Waals surface area contributed by atoms with Gasteiger partial charge in [0.15, 0.2) is 0 Å². The van der Waals surface area contributed by atoms with Crippen molar-refractivity contribution in [1.82, 2.24) is 10.9 Å². The van der Waals surface area contributed by atoms with E-state index in [1.807, 2.05) is 32.0 Å². The Hall–Kier alpha value is -2.14. The van der Waals surface area contributed by atoms with Gasteiger partial charge in [-0.05, 0) is 11.5 Å². The molecular weight excluding hydrogens is 256 g/mol. The smallest absolute Gasteiger partial charge is 0.324 e. The molecular formula is C15H20N2O3. The summed E-state index contributed by atoms with van der Waals surface area (Å²) in [6.45, 7) is 7.45. The monoisotopic (exact) mass is 276 g/mol. The van der Waals surface area contributed by atoms with Gasteiger partial charge in [-0.2, -0.15) is 0 Å². The van der Waals surface area contributed by atoms with Gasteiger partial charge in [-0.15, -0.1) is 0 Å². The van der Waals surface area contributed by atoms with Crippen molar-refractivity contribution in [2.24, 2.45) is 5.92 Å². The van der Waals surface area contributed by atoms with Crippen LogP contribution in [-0.4, -0.2) is 25.0 Å². The second kappa shape index (κ2) is 7.45. The van der Waals surface area contributed by atoms with E-state index in [1.165, 1.54) is 7.11 Å². The van der Waals surface area contributed by atoms with Crippen molar-refractivity contribution in [2.45, 2.75) is 19.9 Å². The van der Waals surface area contributed by atoms with Gasteiger partial charge >= 0.3 is 5.97 Å². The average Bonchev–Trinajstić information content (AvgIpc) is 2.46. The largest absolute Gasteiger partial charge is 0.468 e. The van der Waals surface area contributed by atoms with E-state index >= 15 is 0 Å². The zero-order valence-corrected chi connectivity index (χ0v) is 12.0. The van der Waals surface area contributed by atoms with Crippen molar-refractivity contribution in [1.29, 1.82) is 0 Å². The SMILES string of the molecule is C=C(C(=O)NNC(C(=O)OC)C(C)C)c1ccccc1. The Balaban J connectivity index is 2.62. The van der Waals surface area contributed by atoms with Crippen molar-refractivity contribution >= 4 is 17.4 Å². The number of hydrazine groups is 1. The zero-order chi connectivity index (χ0) is 15.1. The number of hydrogen-bond acceptors (Lipinski definition) is 4. The minimum Gasteiger partial charge on any atom is -0.468 e. The van der Waals surface area contributed by atoms with Crippen LogP contribution in [0.2, 0.25) is 0 Å². The van der Waals surface area contributed by atoms with Crippen LogP contribution in [0.1, 0.15) is 19.4 Å². The molecule has 1 amide bonds. The second-order valence-corrected chi connectivity index (χ2v) is 4.69. The number of methoxy groups -OCH3 is 1. The molecule has 0 bridgehead atoms. The molecule has 1 unspecified atom stereocenters. The predicted molar refractivity (Wildman–Crippen MR) is 77.4 cm³/mol. The van der Waals surface area contributed by atoms with Crippen LogP contribution >= 0.6 is 0 Å². The molecule has 0 aliphatic carbocycles. The van der Waals surface area contributed by atoms with Gasteiger partial charge in [0.25, 0.3) is 5.91 Å². The lowest BCUT2D eigenvalue weighted by Crippen LogP contribution is -2.51. The third kappa shape index (κ3) is 4.20. The Kier molecular flexibility index (Phi) is 5.93. The van der Waals surface area contributed by atoms with E-state index in [2.05, 4.69) is 22.2 Å². The summed E-state index contributed by atoms with van der Waals surface area (Å²) >= 11 is 0. The summed E-state index contributed by atoms with van der Waals surface area (Å²) in [7, 11) is 1.31. The maximum atomic E-state index is 12.0. The van der Waals surface area contributed by atoms with E-state index in [-0.39, 0.29) is 11.8 Å². The average molecular weight is 276 g/mol. The Morgan fingerprint density at radius 2 is 1.80 bits per heavy atom. The minimum absolute atomic E-state index is 0.0206. The Morgan fingerprint density at radius 3 is 2.30 bits per heavy atom. The Morgan fingerprint density at radius 1 is 1.20 bits per heavy atom. The van der Waals surface area contributed by atoms with Crippen molar-refractivity contribution in [3.63, 3.8) is 0 Å². The molecule has 0 spiro atoms. The molecule has 0 aromatic heterocycles. The van der Waals surface area contributed by atoms with Crippen molar-refractivity contribution in [3.05, 3.63) is 42.5 Å². The molecule has 0 aliphatic heterocycles. The lowest BCUT2D eigenvalue weighted by atomic mass is 10.1. The maximum Gasteiger partial charge on any atom is 0.324 e. The maximum absolute atomic E-state index is 12.0. The number of amides is 1. The number of rotatable bonds is 6. The number of carbonyl (C=O) groups excluding carboxylic acids is 2. The van der Waals surface area contributed by atoms with E-state index in [9.17, 15) is 9.59 Å². The van der Waals surface area contributed by atoms with Crippen molar-refractivity contribution in [3.8, 4) is 0 Å².